The second kappa shape index (κ2) is 9.01. The average Bonchev–Trinajstić information content (AvgIpc) is 2.45. The van der Waals surface area contributed by atoms with Crippen LogP contribution in [-0.2, 0) is 0 Å². The first-order valence-corrected chi connectivity index (χ1v) is 8.23. The molecule has 1 atom stereocenters. The van der Waals surface area contributed by atoms with Crippen LogP contribution in [0.5, 0.6) is 5.75 Å². The Hall–Kier alpha value is -1.03. The van der Waals surface area contributed by atoms with Gasteiger partial charge in [0.25, 0.3) is 5.91 Å². The van der Waals surface area contributed by atoms with Gasteiger partial charge in [-0.1, -0.05) is 35.3 Å². The Bertz CT molecular complexity index is 428. The molecule has 1 aromatic rings. The highest BCUT2D eigenvalue weighted by molar-refractivity contribution is 9.09. The fraction of sp³-hybridized carbons (Fsp3) is 0.562. The molecule has 0 heterocycles. The Labute approximate surface area is 130 Å². The van der Waals surface area contributed by atoms with Gasteiger partial charge in [-0.3, -0.25) is 4.79 Å². The van der Waals surface area contributed by atoms with Gasteiger partial charge in [-0.2, -0.15) is 0 Å². The number of rotatable bonds is 8. The summed E-state index contributed by atoms with van der Waals surface area (Å²) < 4.78 is 5.25. The molecule has 0 aliphatic heterocycles. The Balaban J connectivity index is 2.61. The number of amides is 1. The minimum Gasteiger partial charge on any atom is -0.496 e. The van der Waals surface area contributed by atoms with Gasteiger partial charge in [0.2, 0.25) is 0 Å². The molecule has 0 aliphatic carbocycles. The zero-order valence-electron chi connectivity index (χ0n) is 12.5. The van der Waals surface area contributed by atoms with Crippen molar-refractivity contribution >= 4 is 21.8 Å². The molecule has 0 saturated carbocycles. The minimum absolute atomic E-state index is 0.0287. The zero-order chi connectivity index (χ0) is 15.0. The van der Waals surface area contributed by atoms with Crippen molar-refractivity contribution in [3.63, 3.8) is 0 Å². The summed E-state index contributed by atoms with van der Waals surface area (Å²) in [7, 11) is 1.62. The van der Waals surface area contributed by atoms with Crippen molar-refractivity contribution in [3.05, 3.63) is 29.3 Å². The van der Waals surface area contributed by atoms with Crippen molar-refractivity contribution in [2.45, 2.75) is 33.1 Å². The van der Waals surface area contributed by atoms with Crippen molar-refractivity contribution in [3.8, 4) is 5.75 Å². The summed E-state index contributed by atoms with van der Waals surface area (Å²) in [4.78, 5) is 12.2. The smallest absolute Gasteiger partial charge is 0.251 e. The van der Waals surface area contributed by atoms with Crippen molar-refractivity contribution < 1.29 is 9.53 Å². The third-order valence-electron chi connectivity index (χ3n) is 3.44. The van der Waals surface area contributed by atoms with E-state index < -0.39 is 0 Å². The maximum absolute atomic E-state index is 12.2. The molecule has 0 aromatic heterocycles. The third-order valence-corrected chi connectivity index (χ3v) is 3.89. The lowest BCUT2D eigenvalue weighted by molar-refractivity contribution is 0.0945. The van der Waals surface area contributed by atoms with E-state index in [4.69, 9.17) is 4.74 Å². The van der Waals surface area contributed by atoms with Crippen LogP contribution in [0, 0.1) is 12.8 Å². The maximum atomic E-state index is 12.2. The molecule has 0 radical (unpaired) electrons. The van der Waals surface area contributed by atoms with Crippen LogP contribution in [0.25, 0.3) is 0 Å². The van der Waals surface area contributed by atoms with Gasteiger partial charge >= 0.3 is 0 Å². The van der Waals surface area contributed by atoms with Crippen LogP contribution >= 0.6 is 15.9 Å². The van der Waals surface area contributed by atoms with Gasteiger partial charge in [0.1, 0.15) is 5.75 Å². The summed E-state index contributed by atoms with van der Waals surface area (Å²) in [6, 6.07) is 5.55. The van der Waals surface area contributed by atoms with Gasteiger partial charge in [-0.15, -0.1) is 0 Å². The van der Waals surface area contributed by atoms with Crippen molar-refractivity contribution in [2.75, 3.05) is 19.0 Å². The van der Waals surface area contributed by atoms with Crippen LogP contribution in [0.2, 0.25) is 0 Å². The topological polar surface area (TPSA) is 38.3 Å². The number of aryl methyl sites for hydroxylation is 1. The van der Waals surface area contributed by atoms with E-state index in [1.54, 1.807) is 13.2 Å². The first-order valence-electron chi connectivity index (χ1n) is 7.11. The molecule has 0 spiro atoms. The largest absolute Gasteiger partial charge is 0.496 e. The summed E-state index contributed by atoms with van der Waals surface area (Å²) in [5, 5.41) is 4.00. The molecule has 1 aromatic carbocycles. The van der Waals surface area contributed by atoms with Gasteiger partial charge in [0.05, 0.1) is 7.11 Å². The summed E-state index contributed by atoms with van der Waals surface area (Å²) in [6.07, 6.45) is 3.38. The summed E-state index contributed by atoms with van der Waals surface area (Å²) in [5.41, 5.74) is 1.69. The van der Waals surface area contributed by atoms with E-state index in [1.807, 2.05) is 19.1 Å². The van der Waals surface area contributed by atoms with E-state index in [0.717, 1.165) is 42.5 Å². The Morgan fingerprint density at radius 2 is 2.15 bits per heavy atom. The summed E-state index contributed by atoms with van der Waals surface area (Å²) in [6.45, 7) is 4.87. The van der Waals surface area contributed by atoms with E-state index >= 15 is 0 Å². The number of hydrogen-bond acceptors (Lipinski definition) is 2. The predicted molar refractivity (Wildman–Crippen MR) is 86.9 cm³/mol. The first-order chi connectivity index (χ1) is 9.62. The highest BCUT2D eigenvalue weighted by Gasteiger charge is 2.12. The molecule has 0 fully saturated rings. The van der Waals surface area contributed by atoms with E-state index in [0.29, 0.717) is 11.5 Å². The predicted octanol–water partition coefficient (Wildman–Crippen LogP) is 3.93. The van der Waals surface area contributed by atoms with E-state index in [9.17, 15) is 4.79 Å². The fourth-order valence-corrected chi connectivity index (χ4v) is 2.86. The van der Waals surface area contributed by atoms with Crippen LogP contribution in [0.15, 0.2) is 18.2 Å². The first kappa shape index (κ1) is 17.0. The molecule has 4 heteroatoms. The average molecular weight is 342 g/mol. The molecular weight excluding hydrogens is 318 g/mol. The third kappa shape index (κ3) is 5.16. The highest BCUT2D eigenvalue weighted by atomic mass is 79.9. The number of nitrogens with one attached hydrogen (secondary N) is 1. The second-order valence-electron chi connectivity index (χ2n) is 5.03. The molecule has 112 valence electrons. The molecule has 3 nitrogen and oxygen atoms in total. The number of benzene rings is 1. The normalized spacial score (nSPS) is 12.0. The van der Waals surface area contributed by atoms with Crippen molar-refractivity contribution in [2.24, 2.45) is 5.92 Å². The Morgan fingerprint density at radius 3 is 2.75 bits per heavy atom. The van der Waals surface area contributed by atoms with Gasteiger partial charge in [-0.05, 0) is 43.4 Å². The highest BCUT2D eigenvalue weighted by Crippen LogP contribution is 2.19. The van der Waals surface area contributed by atoms with Crippen molar-refractivity contribution in [1.82, 2.24) is 5.32 Å². The molecule has 1 N–H and O–H groups in total. The second-order valence-corrected chi connectivity index (χ2v) is 5.82. The Morgan fingerprint density at radius 1 is 1.40 bits per heavy atom. The number of alkyl halides is 1. The number of ether oxygens (including phenoxy) is 1. The standard InChI is InChI=1S/C16H24BrNO2/c1-4-5-13(8-9-17)11-18-16(19)14-7-6-12(2)15(10-14)20-3/h6-7,10,13H,4-5,8-9,11H2,1-3H3,(H,18,19). The minimum atomic E-state index is -0.0287. The molecule has 0 bridgehead atoms. The molecule has 1 amide bonds. The lowest BCUT2D eigenvalue weighted by Gasteiger charge is -2.16. The van der Waals surface area contributed by atoms with E-state index in [1.165, 1.54) is 0 Å². The zero-order valence-corrected chi connectivity index (χ0v) is 14.1. The lowest BCUT2D eigenvalue weighted by Crippen LogP contribution is -2.29. The molecular formula is C16H24BrNO2. The lowest BCUT2D eigenvalue weighted by atomic mass is 10.0. The number of carbonyl (C=O) groups excluding carboxylic acids is 1. The summed E-state index contributed by atoms with van der Waals surface area (Å²) >= 11 is 3.47. The maximum Gasteiger partial charge on any atom is 0.251 e. The molecule has 1 unspecified atom stereocenters. The molecule has 20 heavy (non-hydrogen) atoms. The van der Waals surface area contributed by atoms with Crippen LogP contribution in [0.1, 0.15) is 42.1 Å². The van der Waals surface area contributed by atoms with Crippen LogP contribution in [0.3, 0.4) is 0 Å². The quantitative estimate of drug-likeness (QED) is 0.727. The van der Waals surface area contributed by atoms with Gasteiger partial charge in [0.15, 0.2) is 0 Å². The molecule has 0 aliphatic rings. The number of carbonyl (C=O) groups is 1. The number of methoxy groups -OCH3 is 1. The SMILES string of the molecule is CCCC(CCBr)CNC(=O)c1ccc(C)c(OC)c1. The Kier molecular flexibility index (Phi) is 7.67. The van der Waals surface area contributed by atoms with Crippen LogP contribution in [0.4, 0.5) is 0 Å². The fourth-order valence-electron chi connectivity index (χ4n) is 2.21. The van der Waals surface area contributed by atoms with Gasteiger partial charge < -0.3 is 10.1 Å². The monoisotopic (exact) mass is 341 g/mol. The number of halogens is 1. The van der Waals surface area contributed by atoms with Crippen molar-refractivity contribution in [1.29, 1.82) is 0 Å². The molecule has 1 rings (SSSR count). The van der Waals surface area contributed by atoms with E-state index in [2.05, 4.69) is 28.2 Å². The molecule has 0 saturated heterocycles. The number of hydrogen-bond donors (Lipinski definition) is 1. The van der Waals surface area contributed by atoms with Gasteiger partial charge in [0, 0.05) is 17.4 Å². The van der Waals surface area contributed by atoms with Crippen LogP contribution in [-0.4, -0.2) is 24.9 Å². The van der Waals surface area contributed by atoms with Crippen LogP contribution < -0.4 is 10.1 Å². The summed E-state index contributed by atoms with van der Waals surface area (Å²) in [5.74, 6) is 1.26. The van der Waals surface area contributed by atoms with Gasteiger partial charge in [-0.25, -0.2) is 0 Å². The van der Waals surface area contributed by atoms with E-state index in [-0.39, 0.29) is 5.91 Å².